The lowest BCUT2D eigenvalue weighted by molar-refractivity contribution is 0.462. The van der Waals surface area contributed by atoms with E-state index in [9.17, 15) is 4.39 Å². The zero-order valence-corrected chi connectivity index (χ0v) is 10.2. The Morgan fingerprint density at radius 1 is 1.20 bits per heavy atom. The Kier molecular flexibility index (Phi) is 3.62. The third-order valence-corrected chi connectivity index (χ3v) is 3.54. The van der Waals surface area contributed by atoms with Gasteiger partial charge in [-0.1, -0.05) is 19.3 Å². The molecule has 1 saturated carbocycles. The molecule has 0 unspecified atom stereocenters. The molecule has 0 aliphatic heterocycles. The molecule has 15 heavy (non-hydrogen) atoms. The molecule has 1 N–H and O–H groups in total. The molecule has 1 aliphatic carbocycles. The van der Waals surface area contributed by atoms with E-state index in [0.717, 1.165) is 5.69 Å². The highest BCUT2D eigenvalue weighted by Crippen LogP contribution is 2.24. The van der Waals surface area contributed by atoms with Crippen molar-refractivity contribution in [2.45, 2.75) is 38.1 Å². The van der Waals surface area contributed by atoms with Gasteiger partial charge >= 0.3 is 0 Å². The van der Waals surface area contributed by atoms with Crippen molar-refractivity contribution in [3.63, 3.8) is 0 Å². The Bertz CT molecular complexity index is 334. The molecule has 0 radical (unpaired) electrons. The van der Waals surface area contributed by atoms with E-state index >= 15 is 0 Å². The predicted molar refractivity (Wildman–Crippen MR) is 64.6 cm³/mol. The van der Waals surface area contributed by atoms with Crippen molar-refractivity contribution in [1.82, 2.24) is 0 Å². The smallest absolute Gasteiger partial charge is 0.139 e. The van der Waals surface area contributed by atoms with E-state index in [2.05, 4.69) is 21.2 Å². The minimum absolute atomic E-state index is 0.198. The van der Waals surface area contributed by atoms with Crippen LogP contribution >= 0.6 is 15.9 Å². The summed E-state index contributed by atoms with van der Waals surface area (Å²) in [5, 5.41) is 3.39. The molecule has 1 fully saturated rings. The minimum atomic E-state index is -0.198. The first-order valence-electron chi connectivity index (χ1n) is 5.47. The summed E-state index contributed by atoms with van der Waals surface area (Å²) in [5.41, 5.74) is 0.891. The third-order valence-electron chi connectivity index (χ3n) is 2.90. The van der Waals surface area contributed by atoms with Crippen LogP contribution in [0.15, 0.2) is 22.7 Å². The van der Waals surface area contributed by atoms with Gasteiger partial charge in [-0.3, -0.25) is 0 Å². The van der Waals surface area contributed by atoms with Crippen molar-refractivity contribution in [3.8, 4) is 0 Å². The van der Waals surface area contributed by atoms with Gasteiger partial charge in [-0.05, 0) is 47.0 Å². The quantitative estimate of drug-likeness (QED) is 0.844. The largest absolute Gasteiger partial charge is 0.382 e. The lowest BCUT2D eigenvalue weighted by atomic mass is 9.95. The molecule has 82 valence electrons. The monoisotopic (exact) mass is 271 g/mol. The minimum Gasteiger partial charge on any atom is -0.382 e. The Morgan fingerprint density at radius 2 is 1.93 bits per heavy atom. The van der Waals surface area contributed by atoms with E-state index in [-0.39, 0.29) is 5.82 Å². The fourth-order valence-electron chi connectivity index (χ4n) is 2.07. The van der Waals surface area contributed by atoms with Crippen molar-refractivity contribution in [3.05, 3.63) is 28.5 Å². The number of anilines is 1. The average Bonchev–Trinajstić information content (AvgIpc) is 2.25. The van der Waals surface area contributed by atoms with Crippen molar-refractivity contribution in [1.29, 1.82) is 0 Å². The van der Waals surface area contributed by atoms with E-state index in [1.807, 2.05) is 6.07 Å². The van der Waals surface area contributed by atoms with Gasteiger partial charge in [0.2, 0.25) is 0 Å². The lowest BCUT2D eigenvalue weighted by Gasteiger charge is -2.23. The number of benzene rings is 1. The first kappa shape index (κ1) is 10.9. The van der Waals surface area contributed by atoms with Crippen LogP contribution in [0.25, 0.3) is 0 Å². The lowest BCUT2D eigenvalue weighted by Crippen LogP contribution is -2.22. The Labute approximate surface area is 98.2 Å². The van der Waals surface area contributed by atoms with E-state index in [1.165, 1.54) is 32.1 Å². The van der Waals surface area contributed by atoms with Crippen LogP contribution in [0.3, 0.4) is 0 Å². The summed E-state index contributed by atoms with van der Waals surface area (Å²) >= 11 is 3.15. The van der Waals surface area contributed by atoms with E-state index in [4.69, 9.17) is 0 Å². The maximum Gasteiger partial charge on any atom is 0.139 e. The fourth-order valence-corrected chi connectivity index (χ4v) is 2.32. The second kappa shape index (κ2) is 4.97. The molecular weight excluding hydrogens is 257 g/mol. The maximum absolute atomic E-state index is 13.2. The molecule has 0 spiro atoms. The second-order valence-corrected chi connectivity index (χ2v) is 4.96. The highest BCUT2D eigenvalue weighted by Gasteiger charge is 2.13. The van der Waals surface area contributed by atoms with Crippen LogP contribution in [-0.2, 0) is 0 Å². The predicted octanol–water partition coefficient (Wildman–Crippen LogP) is 4.33. The molecule has 0 aromatic heterocycles. The normalized spacial score (nSPS) is 17.7. The Hall–Kier alpha value is -0.570. The van der Waals surface area contributed by atoms with E-state index in [0.29, 0.717) is 10.5 Å². The first-order chi connectivity index (χ1) is 7.25. The van der Waals surface area contributed by atoms with Crippen molar-refractivity contribution in [2.75, 3.05) is 5.32 Å². The van der Waals surface area contributed by atoms with Gasteiger partial charge in [0.05, 0.1) is 4.47 Å². The van der Waals surface area contributed by atoms with Crippen molar-refractivity contribution in [2.24, 2.45) is 0 Å². The van der Waals surface area contributed by atoms with Gasteiger partial charge < -0.3 is 5.32 Å². The van der Waals surface area contributed by atoms with Gasteiger partial charge in [-0.15, -0.1) is 0 Å². The molecule has 0 atom stereocenters. The highest BCUT2D eigenvalue weighted by molar-refractivity contribution is 9.10. The fraction of sp³-hybridized carbons (Fsp3) is 0.500. The molecule has 3 heteroatoms. The van der Waals surface area contributed by atoms with Gasteiger partial charge in [0.25, 0.3) is 0 Å². The molecule has 0 saturated heterocycles. The van der Waals surface area contributed by atoms with Gasteiger partial charge in [-0.25, -0.2) is 4.39 Å². The maximum atomic E-state index is 13.2. The third kappa shape index (κ3) is 2.94. The standard InChI is InChI=1S/C12H15BrFN/c13-11-7-6-10(8-12(11)14)15-9-4-2-1-3-5-9/h6-9,15H,1-5H2. The number of halogens is 2. The molecule has 1 aromatic carbocycles. The number of hydrogen-bond donors (Lipinski definition) is 1. The van der Waals surface area contributed by atoms with Crippen molar-refractivity contribution < 1.29 is 4.39 Å². The van der Waals surface area contributed by atoms with E-state index in [1.54, 1.807) is 12.1 Å². The molecule has 1 aliphatic rings. The van der Waals surface area contributed by atoms with Crippen LogP contribution in [-0.4, -0.2) is 6.04 Å². The number of rotatable bonds is 2. The van der Waals surface area contributed by atoms with E-state index < -0.39 is 0 Å². The second-order valence-electron chi connectivity index (χ2n) is 4.11. The van der Waals surface area contributed by atoms with Gasteiger partial charge in [0.15, 0.2) is 0 Å². The summed E-state index contributed by atoms with van der Waals surface area (Å²) in [5.74, 6) is -0.198. The topological polar surface area (TPSA) is 12.0 Å². The number of hydrogen-bond acceptors (Lipinski definition) is 1. The summed E-state index contributed by atoms with van der Waals surface area (Å²) in [6, 6.07) is 5.75. The summed E-state index contributed by atoms with van der Waals surface area (Å²) in [6.07, 6.45) is 6.33. The highest BCUT2D eigenvalue weighted by atomic mass is 79.9. The van der Waals surface area contributed by atoms with Crippen LogP contribution in [0, 0.1) is 5.82 Å². The van der Waals surface area contributed by atoms with Gasteiger partial charge in [0, 0.05) is 11.7 Å². The van der Waals surface area contributed by atoms with Crippen LogP contribution in [0.2, 0.25) is 0 Å². The Morgan fingerprint density at radius 3 is 2.60 bits per heavy atom. The first-order valence-corrected chi connectivity index (χ1v) is 6.26. The molecule has 0 bridgehead atoms. The van der Waals surface area contributed by atoms with Crippen LogP contribution in [0.4, 0.5) is 10.1 Å². The van der Waals surface area contributed by atoms with Crippen LogP contribution in [0.5, 0.6) is 0 Å². The summed E-state index contributed by atoms with van der Waals surface area (Å²) in [7, 11) is 0. The van der Waals surface area contributed by atoms with Crippen LogP contribution in [0.1, 0.15) is 32.1 Å². The van der Waals surface area contributed by atoms with Crippen LogP contribution < -0.4 is 5.32 Å². The summed E-state index contributed by atoms with van der Waals surface area (Å²) in [4.78, 5) is 0. The molecule has 0 amide bonds. The molecular formula is C12H15BrFN. The number of nitrogens with one attached hydrogen (secondary N) is 1. The molecule has 0 heterocycles. The van der Waals surface area contributed by atoms with Crippen molar-refractivity contribution >= 4 is 21.6 Å². The molecule has 1 aromatic rings. The van der Waals surface area contributed by atoms with Gasteiger partial charge in [0.1, 0.15) is 5.82 Å². The zero-order valence-electron chi connectivity index (χ0n) is 8.60. The van der Waals surface area contributed by atoms with Gasteiger partial charge in [-0.2, -0.15) is 0 Å². The Balaban J connectivity index is 2.00. The average molecular weight is 272 g/mol. The zero-order chi connectivity index (χ0) is 10.7. The SMILES string of the molecule is Fc1cc(NC2CCCCC2)ccc1Br. The summed E-state index contributed by atoms with van der Waals surface area (Å²) in [6.45, 7) is 0. The molecule has 2 rings (SSSR count). The summed E-state index contributed by atoms with van der Waals surface area (Å²) < 4.78 is 13.8. The molecule has 1 nitrogen and oxygen atoms in total.